The predicted molar refractivity (Wildman–Crippen MR) is 123 cm³/mol. The van der Waals surface area contributed by atoms with E-state index in [1.165, 1.54) is 28.8 Å². The largest absolute Gasteiger partial charge is 0.497 e. The number of carbonyl (C=O) groups is 1. The van der Waals surface area contributed by atoms with Crippen LogP contribution in [0.3, 0.4) is 0 Å². The fourth-order valence-electron chi connectivity index (χ4n) is 2.87. The van der Waals surface area contributed by atoms with E-state index >= 15 is 0 Å². The summed E-state index contributed by atoms with van der Waals surface area (Å²) in [6.45, 7) is 1.49. The number of amides is 1. The average Bonchev–Trinajstić information content (AvgIpc) is 3.07. The number of rotatable bonds is 9. The first-order valence-corrected chi connectivity index (χ1v) is 10.9. The molecule has 32 heavy (non-hydrogen) atoms. The van der Waals surface area contributed by atoms with Crippen LogP contribution < -0.4 is 14.4 Å². The zero-order valence-corrected chi connectivity index (χ0v) is 18.8. The minimum atomic E-state index is -2.91. The monoisotopic (exact) mass is 462 g/mol. The molecule has 0 atom stereocenters. The van der Waals surface area contributed by atoms with Gasteiger partial charge in [0.2, 0.25) is 0 Å². The van der Waals surface area contributed by atoms with Gasteiger partial charge in [0, 0.05) is 5.75 Å². The smallest absolute Gasteiger partial charge is 0.387 e. The van der Waals surface area contributed by atoms with Gasteiger partial charge in [-0.1, -0.05) is 23.9 Å². The lowest BCUT2D eigenvalue weighted by Crippen LogP contribution is -2.30. The van der Waals surface area contributed by atoms with Crippen molar-refractivity contribution < 1.29 is 27.8 Å². The molecule has 6 nitrogen and oxygen atoms in total. The molecule has 2 aromatic carbocycles. The number of anilines is 1. The van der Waals surface area contributed by atoms with Crippen LogP contribution in [0.15, 0.2) is 59.2 Å². The second kappa shape index (κ2) is 11.1. The maximum atomic E-state index is 13.2. The molecule has 0 saturated carbocycles. The number of methoxy groups -OCH3 is 1. The highest BCUT2D eigenvalue weighted by Gasteiger charge is 2.32. The minimum Gasteiger partial charge on any atom is -0.497 e. The molecular formula is C23H24F2N2O4S. The third-order valence-corrected chi connectivity index (χ3v) is 5.24. The van der Waals surface area contributed by atoms with E-state index in [4.69, 9.17) is 9.47 Å². The third kappa shape index (κ3) is 6.30. The molecule has 3 rings (SSSR count). The van der Waals surface area contributed by atoms with E-state index < -0.39 is 6.61 Å². The molecule has 2 aromatic rings. The normalized spacial score (nSPS) is 15.1. The zero-order chi connectivity index (χ0) is 23.1. The molecule has 0 bridgehead atoms. The Hall–Kier alpha value is -2.91. The first kappa shape index (κ1) is 23.7. The SMILES string of the molecule is COc1ccc(/C=C2\N=C(SCCOC(C)C)N(c3ccc(OC(F)F)cc3)C2=O)cc1. The summed E-state index contributed by atoms with van der Waals surface area (Å²) in [5.41, 5.74) is 1.58. The fourth-order valence-corrected chi connectivity index (χ4v) is 3.71. The Morgan fingerprint density at radius 3 is 2.31 bits per heavy atom. The zero-order valence-electron chi connectivity index (χ0n) is 18.0. The number of thioether (sulfide) groups is 1. The highest BCUT2D eigenvalue weighted by atomic mass is 32.2. The molecule has 0 radical (unpaired) electrons. The van der Waals surface area contributed by atoms with Gasteiger partial charge in [-0.25, -0.2) is 4.99 Å². The Kier molecular flexibility index (Phi) is 8.24. The molecule has 1 aliphatic rings. The Bertz CT molecular complexity index is 976. The summed E-state index contributed by atoms with van der Waals surface area (Å²) in [4.78, 5) is 19.2. The van der Waals surface area contributed by atoms with E-state index in [2.05, 4.69) is 9.73 Å². The van der Waals surface area contributed by atoms with Gasteiger partial charge >= 0.3 is 6.61 Å². The van der Waals surface area contributed by atoms with Crippen LogP contribution in [0.25, 0.3) is 6.08 Å². The van der Waals surface area contributed by atoms with Gasteiger partial charge in [-0.3, -0.25) is 9.69 Å². The number of benzene rings is 2. The number of hydrogen-bond donors (Lipinski definition) is 0. The van der Waals surface area contributed by atoms with E-state index in [0.29, 0.717) is 29.0 Å². The summed E-state index contributed by atoms with van der Waals surface area (Å²) >= 11 is 1.39. The second-order valence-electron chi connectivity index (χ2n) is 6.98. The number of aliphatic imine (C=N–C) groups is 1. The van der Waals surface area contributed by atoms with Crippen LogP contribution in [-0.2, 0) is 9.53 Å². The van der Waals surface area contributed by atoms with Crippen molar-refractivity contribution in [2.45, 2.75) is 26.6 Å². The van der Waals surface area contributed by atoms with Crippen molar-refractivity contribution in [2.24, 2.45) is 4.99 Å². The topological polar surface area (TPSA) is 60.4 Å². The molecule has 0 fully saturated rings. The van der Waals surface area contributed by atoms with Crippen LogP contribution in [0.1, 0.15) is 19.4 Å². The maximum absolute atomic E-state index is 13.2. The van der Waals surface area contributed by atoms with Crippen LogP contribution in [0.5, 0.6) is 11.5 Å². The highest BCUT2D eigenvalue weighted by molar-refractivity contribution is 8.14. The molecule has 0 N–H and O–H groups in total. The third-order valence-electron chi connectivity index (χ3n) is 4.33. The van der Waals surface area contributed by atoms with Crippen molar-refractivity contribution in [3.8, 4) is 11.5 Å². The predicted octanol–water partition coefficient (Wildman–Crippen LogP) is 5.20. The van der Waals surface area contributed by atoms with E-state index in [9.17, 15) is 13.6 Å². The molecule has 0 unspecified atom stereocenters. The summed E-state index contributed by atoms with van der Waals surface area (Å²) in [6, 6.07) is 13.1. The summed E-state index contributed by atoms with van der Waals surface area (Å²) < 4.78 is 40.0. The summed E-state index contributed by atoms with van der Waals surface area (Å²) in [7, 11) is 1.58. The van der Waals surface area contributed by atoms with E-state index in [0.717, 1.165) is 5.56 Å². The lowest BCUT2D eigenvalue weighted by Gasteiger charge is -2.18. The summed E-state index contributed by atoms with van der Waals surface area (Å²) in [5, 5.41) is 0.490. The first-order chi connectivity index (χ1) is 15.4. The molecule has 0 aromatic heterocycles. The van der Waals surface area contributed by atoms with Crippen molar-refractivity contribution in [3.63, 3.8) is 0 Å². The van der Waals surface area contributed by atoms with E-state index in [1.807, 2.05) is 26.0 Å². The quantitative estimate of drug-likeness (QED) is 0.379. The second-order valence-corrected chi connectivity index (χ2v) is 8.04. The Morgan fingerprint density at radius 2 is 1.72 bits per heavy atom. The number of alkyl halides is 2. The molecule has 0 spiro atoms. The van der Waals surface area contributed by atoms with Crippen molar-refractivity contribution in [1.29, 1.82) is 0 Å². The van der Waals surface area contributed by atoms with Gasteiger partial charge in [0.05, 0.1) is 25.5 Å². The highest BCUT2D eigenvalue weighted by Crippen LogP contribution is 2.31. The van der Waals surface area contributed by atoms with Crippen molar-refractivity contribution >= 4 is 34.6 Å². The molecule has 170 valence electrons. The Morgan fingerprint density at radius 1 is 1.06 bits per heavy atom. The standard InChI is InChI=1S/C23H24F2N2O4S/c1-15(2)30-12-13-32-23-26-20(14-16-4-8-18(29-3)9-5-16)21(28)27(23)17-6-10-19(11-7-17)31-22(24)25/h4-11,14-15,22H,12-13H2,1-3H3/b20-14-. The molecule has 0 saturated heterocycles. The van der Waals surface area contributed by atoms with Gasteiger partial charge in [0.1, 0.15) is 17.2 Å². The molecule has 1 amide bonds. The van der Waals surface area contributed by atoms with E-state index in [-0.39, 0.29) is 23.5 Å². The lowest BCUT2D eigenvalue weighted by atomic mass is 10.2. The molecule has 0 aliphatic carbocycles. The van der Waals surface area contributed by atoms with Crippen molar-refractivity contribution in [3.05, 3.63) is 59.8 Å². The van der Waals surface area contributed by atoms with Crippen LogP contribution in [0.2, 0.25) is 0 Å². The Balaban J connectivity index is 1.84. The number of ether oxygens (including phenoxy) is 3. The van der Waals surface area contributed by atoms with Gasteiger partial charge in [-0.15, -0.1) is 0 Å². The van der Waals surface area contributed by atoms with Crippen LogP contribution in [-0.4, -0.2) is 43.3 Å². The minimum absolute atomic E-state index is 0.0147. The summed E-state index contributed by atoms with van der Waals surface area (Å²) in [5.74, 6) is 1.02. The van der Waals surface area contributed by atoms with Gasteiger partial charge < -0.3 is 14.2 Å². The number of nitrogens with zero attached hydrogens (tertiary/aromatic N) is 2. The summed E-state index contributed by atoms with van der Waals surface area (Å²) in [6.07, 6.45) is 1.80. The molecule has 9 heteroatoms. The first-order valence-electron chi connectivity index (χ1n) is 9.95. The number of halogens is 2. The fraction of sp³-hybridized carbons (Fsp3) is 0.304. The van der Waals surface area contributed by atoms with Crippen molar-refractivity contribution in [1.82, 2.24) is 0 Å². The maximum Gasteiger partial charge on any atom is 0.387 e. The molecule has 1 heterocycles. The van der Waals surface area contributed by atoms with E-state index in [1.54, 1.807) is 37.5 Å². The van der Waals surface area contributed by atoms with Crippen LogP contribution in [0, 0.1) is 0 Å². The Labute approximate surface area is 189 Å². The van der Waals surface area contributed by atoms with Gasteiger partial charge in [-0.2, -0.15) is 8.78 Å². The average molecular weight is 463 g/mol. The van der Waals surface area contributed by atoms with Gasteiger partial charge in [-0.05, 0) is 61.9 Å². The number of amidine groups is 1. The number of hydrogen-bond acceptors (Lipinski definition) is 6. The van der Waals surface area contributed by atoms with Gasteiger partial charge in [0.25, 0.3) is 5.91 Å². The van der Waals surface area contributed by atoms with Crippen LogP contribution >= 0.6 is 11.8 Å². The van der Waals surface area contributed by atoms with Gasteiger partial charge in [0.15, 0.2) is 5.17 Å². The molecule has 1 aliphatic heterocycles. The lowest BCUT2D eigenvalue weighted by molar-refractivity contribution is -0.113. The number of carbonyl (C=O) groups excluding carboxylic acids is 1. The van der Waals surface area contributed by atoms with Crippen LogP contribution in [0.4, 0.5) is 14.5 Å². The van der Waals surface area contributed by atoms with Crippen molar-refractivity contribution in [2.75, 3.05) is 24.4 Å². The molecular weight excluding hydrogens is 438 g/mol.